The molecule has 0 aromatic heterocycles. The third-order valence-electron chi connectivity index (χ3n) is 5.28. The van der Waals surface area contributed by atoms with E-state index in [1.807, 2.05) is 6.07 Å². The van der Waals surface area contributed by atoms with Gasteiger partial charge in [-0.3, -0.25) is 0 Å². The monoisotopic (exact) mass is 320 g/mol. The Morgan fingerprint density at radius 3 is 2.91 bits per heavy atom. The quantitative estimate of drug-likeness (QED) is 0.924. The Morgan fingerprint density at radius 2 is 2.26 bits per heavy atom. The molecule has 0 bridgehead atoms. The van der Waals surface area contributed by atoms with Crippen LogP contribution in [0, 0.1) is 17.2 Å². The summed E-state index contributed by atoms with van der Waals surface area (Å²) in [5.41, 5.74) is 1.08. The highest BCUT2D eigenvalue weighted by molar-refractivity contribution is 5.74. The molecule has 5 heteroatoms. The summed E-state index contributed by atoms with van der Waals surface area (Å²) in [4.78, 5) is 14.2. The van der Waals surface area contributed by atoms with Crippen LogP contribution in [-0.4, -0.2) is 37.2 Å². The fourth-order valence-electron chi connectivity index (χ4n) is 3.22. The number of halogens is 1. The fourth-order valence-corrected chi connectivity index (χ4v) is 3.22. The second-order valence-corrected chi connectivity index (χ2v) is 7.04. The molecule has 0 spiro atoms. The SMILES string of the molecule is CC(C)C1(CNC(=O)N2CCOC(c3cccc(F)c3)C2)CC1. The maximum Gasteiger partial charge on any atom is 0.317 e. The Labute approximate surface area is 137 Å². The van der Waals surface area contributed by atoms with Crippen LogP contribution in [0.25, 0.3) is 0 Å². The number of hydrogen-bond acceptors (Lipinski definition) is 2. The topological polar surface area (TPSA) is 41.6 Å². The van der Waals surface area contributed by atoms with Crippen LogP contribution in [0.1, 0.15) is 38.4 Å². The van der Waals surface area contributed by atoms with Crippen molar-refractivity contribution < 1.29 is 13.9 Å². The number of benzene rings is 1. The van der Waals surface area contributed by atoms with Crippen LogP contribution in [0.15, 0.2) is 24.3 Å². The Morgan fingerprint density at radius 1 is 1.48 bits per heavy atom. The van der Waals surface area contributed by atoms with Crippen LogP contribution in [-0.2, 0) is 4.74 Å². The van der Waals surface area contributed by atoms with Crippen molar-refractivity contribution in [1.29, 1.82) is 0 Å². The van der Waals surface area contributed by atoms with Crippen molar-refractivity contribution in [3.05, 3.63) is 35.6 Å². The normalized spacial score (nSPS) is 23.0. The molecular weight excluding hydrogens is 295 g/mol. The predicted octanol–water partition coefficient (Wildman–Crippen LogP) is 3.34. The maximum absolute atomic E-state index is 13.4. The first-order chi connectivity index (χ1) is 11.0. The highest BCUT2D eigenvalue weighted by atomic mass is 19.1. The van der Waals surface area contributed by atoms with Gasteiger partial charge in [0, 0.05) is 13.1 Å². The minimum Gasteiger partial charge on any atom is -0.370 e. The number of carbonyl (C=O) groups is 1. The smallest absolute Gasteiger partial charge is 0.317 e. The lowest BCUT2D eigenvalue weighted by atomic mass is 9.92. The zero-order chi connectivity index (χ0) is 16.4. The summed E-state index contributed by atoms with van der Waals surface area (Å²) in [7, 11) is 0. The van der Waals surface area contributed by atoms with Crippen molar-refractivity contribution in [2.24, 2.45) is 11.3 Å². The van der Waals surface area contributed by atoms with Gasteiger partial charge in [0.1, 0.15) is 11.9 Å². The predicted molar refractivity (Wildman–Crippen MR) is 86.6 cm³/mol. The molecule has 1 saturated carbocycles. The molecule has 4 nitrogen and oxygen atoms in total. The van der Waals surface area contributed by atoms with Gasteiger partial charge in [0.05, 0.1) is 13.2 Å². The average molecular weight is 320 g/mol. The van der Waals surface area contributed by atoms with Gasteiger partial charge < -0.3 is 15.0 Å². The van der Waals surface area contributed by atoms with Crippen LogP contribution in [0.2, 0.25) is 0 Å². The molecule has 1 atom stereocenters. The molecule has 2 amide bonds. The first-order valence-electron chi connectivity index (χ1n) is 8.40. The number of rotatable bonds is 4. The van der Waals surface area contributed by atoms with E-state index >= 15 is 0 Å². The van der Waals surface area contributed by atoms with Gasteiger partial charge in [-0.1, -0.05) is 26.0 Å². The maximum atomic E-state index is 13.4. The zero-order valence-corrected chi connectivity index (χ0v) is 13.8. The van der Waals surface area contributed by atoms with Crippen LogP contribution in [0.3, 0.4) is 0 Å². The lowest BCUT2D eigenvalue weighted by Crippen LogP contribution is -2.48. The van der Waals surface area contributed by atoms with Gasteiger partial charge in [-0.25, -0.2) is 9.18 Å². The molecule has 2 fully saturated rings. The molecule has 1 aliphatic heterocycles. The van der Waals surface area contributed by atoms with E-state index in [0.29, 0.717) is 31.0 Å². The van der Waals surface area contributed by atoms with E-state index in [0.717, 1.165) is 12.1 Å². The summed E-state index contributed by atoms with van der Waals surface area (Å²) in [5, 5.41) is 3.08. The van der Waals surface area contributed by atoms with E-state index in [2.05, 4.69) is 19.2 Å². The van der Waals surface area contributed by atoms with Gasteiger partial charge in [-0.2, -0.15) is 0 Å². The van der Waals surface area contributed by atoms with Gasteiger partial charge in [0.15, 0.2) is 0 Å². The van der Waals surface area contributed by atoms with E-state index < -0.39 is 0 Å². The minimum atomic E-state index is -0.278. The van der Waals surface area contributed by atoms with Crippen LogP contribution < -0.4 is 5.32 Å². The molecule has 23 heavy (non-hydrogen) atoms. The highest BCUT2D eigenvalue weighted by Gasteiger charge is 2.45. The van der Waals surface area contributed by atoms with Crippen LogP contribution in [0.5, 0.6) is 0 Å². The highest BCUT2D eigenvalue weighted by Crippen LogP contribution is 2.51. The average Bonchev–Trinajstić information content (AvgIpc) is 3.34. The third kappa shape index (κ3) is 3.66. The number of amides is 2. The van der Waals surface area contributed by atoms with Crippen LogP contribution >= 0.6 is 0 Å². The number of nitrogens with one attached hydrogen (secondary N) is 1. The Kier molecular flexibility index (Phi) is 4.57. The van der Waals surface area contributed by atoms with Gasteiger partial charge in [0.2, 0.25) is 0 Å². The van der Waals surface area contributed by atoms with Crippen molar-refractivity contribution in [3.63, 3.8) is 0 Å². The molecule has 1 saturated heterocycles. The van der Waals surface area contributed by atoms with E-state index in [-0.39, 0.29) is 18.0 Å². The van der Waals surface area contributed by atoms with E-state index in [1.54, 1.807) is 11.0 Å². The minimum absolute atomic E-state index is 0.0402. The van der Waals surface area contributed by atoms with Crippen molar-refractivity contribution in [2.45, 2.75) is 32.8 Å². The molecule has 1 heterocycles. The molecule has 3 rings (SSSR count). The molecule has 1 N–H and O–H groups in total. The molecule has 2 aliphatic rings. The second kappa shape index (κ2) is 6.48. The summed E-state index contributed by atoms with van der Waals surface area (Å²) >= 11 is 0. The van der Waals surface area contributed by atoms with Gasteiger partial charge in [0.25, 0.3) is 0 Å². The summed E-state index contributed by atoms with van der Waals surface area (Å²) in [6.45, 7) is 6.69. The largest absolute Gasteiger partial charge is 0.370 e. The summed E-state index contributed by atoms with van der Waals surface area (Å²) < 4.78 is 19.1. The zero-order valence-electron chi connectivity index (χ0n) is 13.8. The molecule has 1 aromatic rings. The van der Waals surface area contributed by atoms with Gasteiger partial charge >= 0.3 is 6.03 Å². The number of ether oxygens (including phenoxy) is 1. The van der Waals surface area contributed by atoms with E-state index in [4.69, 9.17) is 4.74 Å². The number of morpholine rings is 1. The van der Waals surface area contributed by atoms with E-state index in [9.17, 15) is 9.18 Å². The number of carbonyl (C=O) groups excluding carboxylic acids is 1. The summed E-state index contributed by atoms with van der Waals surface area (Å²) in [5.74, 6) is 0.313. The van der Waals surface area contributed by atoms with Gasteiger partial charge in [-0.15, -0.1) is 0 Å². The molecule has 1 aliphatic carbocycles. The van der Waals surface area contributed by atoms with Crippen molar-refractivity contribution in [3.8, 4) is 0 Å². The standard InChI is InChI=1S/C18H25FN2O2/c1-13(2)18(6-7-18)12-20-17(22)21-8-9-23-16(11-21)14-4-3-5-15(19)10-14/h3-5,10,13,16H,6-9,11-12H2,1-2H3,(H,20,22). The summed E-state index contributed by atoms with van der Waals surface area (Å²) in [6, 6.07) is 6.36. The first-order valence-corrected chi connectivity index (χ1v) is 8.40. The van der Waals surface area contributed by atoms with Gasteiger partial charge in [-0.05, 0) is 41.9 Å². The molecule has 0 radical (unpaired) electrons. The number of hydrogen-bond donors (Lipinski definition) is 1. The third-order valence-corrected chi connectivity index (χ3v) is 5.28. The molecule has 126 valence electrons. The molecule has 1 unspecified atom stereocenters. The first kappa shape index (κ1) is 16.2. The van der Waals surface area contributed by atoms with E-state index in [1.165, 1.54) is 25.0 Å². The van der Waals surface area contributed by atoms with Crippen molar-refractivity contribution in [1.82, 2.24) is 10.2 Å². The Bertz CT molecular complexity index is 572. The fraction of sp³-hybridized carbons (Fsp3) is 0.611. The van der Waals surface area contributed by atoms with Crippen molar-refractivity contribution in [2.75, 3.05) is 26.2 Å². The Hall–Kier alpha value is -1.62. The molecular formula is C18H25FN2O2. The second-order valence-electron chi connectivity index (χ2n) is 7.04. The van der Waals surface area contributed by atoms with Crippen molar-refractivity contribution >= 4 is 6.03 Å². The Balaban J connectivity index is 1.57. The lowest BCUT2D eigenvalue weighted by Gasteiger charge is -2.34. The summed E-state index contributed by atoms with van der Waals surface area (Å²) in [6.07, 6.45) is 2.13. The molecule has 1 aromatic carbocycles. The van der Waals surface area contributed by atoms with Crippen LogP contribution in [0.4, 0.5) is 9.18 Å². The lowest BCUT2D eigenvalue weighted by molar-refractivity contribution is -0.0157. The number of nitrogens with zero attached hydrogens (tertiary/aromatic N) is 1. The number of urea groups is 1.